The minimum atomic E-state index is -1.02. The van der Waals surface area contributed by atoms with Gasteiger partial charge in [-0.2, -0.15) is 0 Å². The highest BCUT2D eigenvalue weighted by molar-refractivity contribution is 5.80. The summed E-state index contributed by atoms with van der Waals surface area (Å²) in [5.74, 6) is -0.304. The van der Waals surface area contributed by atoms with Gasteiger partial charge in [-0.1, -0.05) is 0 Å². The molecular formula is C9H17NO3. The summed E-state index contributed by atoms with van der Waals surface area (Å²) in [6.45, 7) is 6.40. The number of nitrogens with one attached hydrogen (secondary N) is 1. The van der Waals surface area contributed by atoms with Gasteiger partial charge in [-0.3, -0.25) is 4.79 Å². The molecule has 0 aliphatic carbocycles. The average molecular weight is 187 g/mol. The molecule has 1 rings (SSSR count). The minimum Gasteiger partial charge on any atom is -0.465 e. The van der Waals surface area contributed by atoms with Gasteiger partial charge in [-0.25, -0.2) is 0 Å². The minimum absolute atomic E-state index is 0.304. The van der Waals surface area contributed by atoms with Crippen LogP contribution in [0.4, 0.5) is 0 Å². The van der Waals surface area contributed by atoms with Crippen molar-refractivity contribution >= 4 is 5.97 Å². The molecule has 13 heavy (non-hydrogen) atoms. The van der Waals surface area contributed by atoms with E-state index >= 15 is 0 Å². The topological polar surface area (TPSA) is 58.6 Å². The third kappa shape index (κ3) is 1.56. The van der Waals surface area contributed by atoms with Gasteiger partial charge in [0.25, 0.3) is 0 Å². The Morgan fingerprint density at radius 1 is 1.62 bits per heavy atom. The number of carbonyl (C=O) groups is 1. The molecule has 4 heteroatoms. The van der Waals surface area contributed by atoms with Gasteiger partial charge in [0.1, 0.15) is 5.41 Å². The Hall–Kier alpha value is -0.610. The Morgan fingerprint density at radius 2 is 2.15 bits per heavy atom. The molecule has 0 aromatic rings. The molecule has 0 amide bonds. The maximum absolute atomic E-state index is 11.6. The summed E-state index contributed by atoms with van der Waals surface area (Å²) < 4.78 is 4.94. The molecule has 0 atom stereocenters. The third-order valence-corrected chi connectivity index (χ3v) is 2.69. The van der Waals surface area contributed by atoms with Crippen molar-refractivity contribution in [3.05, 3.63) is 0 Å². The van der Waals surface area contributed by atoms with Gasteiger partial charge < -0.3 is 15.2 Å². The summed E-state index contributed by atoms with van der Waals surface area (Å²) >= 11 is 0. The predicted molar refractivity (Wildman–Crippen MR) is 48.2 cm³/mol. The van der Waals surface area contributed by atoms with Crippen LogP contribution in [-0.2, 0) is 9.53 Å². The molecule has 0 radical (unpaired) electrons. The van der Waals surface area contributed by atoms with Gasteiger partial charge in [0.2, 0.25) is 0 Å². The zero-order valence-electron chi connectivity index (χ0n) is 8.39. The van der Waals surface area contributed by atoms with Crippen LogP contribution in [0, 0.1) is 5.41 Å². The van der Waals surface area contributed by atoms with Gasteiger partial charge in [-0.15, -0.1) is 0 Å². The molecule has 0 aromatic carbocycles. The molecule has 1 saturated heterocycles. The lowest BCUT2D eigenvalue weighted by atomic mass is 9.69. The lowest BCUT2D eigenvalue weighted by molar-refractivity contribution is -0.178. The van der Waals surface area contributed by atoms with E-state index in [0.717, 1.165) is 0 Å². The van der Waals surface area contributed by atoms with Crippen molar-refractivity contribution in [3.8, 4) is 0 Å². The molecular weight excluding hydrogens is 170 g/mol. The molecule has 1 aliphatic rings. The smallest absolute Gasteiger partial charge is 0.317 e. The van der Waals surface area contributed by atoms with E-state index in [1.807, 2.05) is 0 Å². The van der Waals surface area contributed by atoms with Crippen LogP contribution in [0.5, 0.6) is 0 Å². The Morgan fingerprint density at radius 3 is 2.38 bits per heavy atom. The molecule has 76 valence electrons. The second-order valence-corrected chi connectivity index (χ2v) is 3.97. The summed E-state index contributed by atoms with van der Waals surface area (Å²) in [5.41, 5.74) is -1.77. The van der Waals surface area contributed by atoms with Crippen molar-refractivity contribution in [1.29, 1.82) is 0 Å². The standard InChI is InChI=1S/C9H17NO3/c1-4-13-7(11)9(5-10-6-9)8(2,3)12/h10,12H,4-6H2,1-3H3. The van der Waals surface area contributed by atoms with Crippen LogP contribution in [0.1, 0.15) is 20.8 Å². The van der Waals surface area contributed by atoms with Gasteiger partial charge in [0.05, 0.1) is 12.2 Å². The summed E-state index contributed by atoms with van der Waals surface area (Å²) in [6.07, 6.45) is 0. The molecule has 1 aliphatic heterocycles. The molecule has 4 nitrogen and oxygen atoms in total. The molecule has 1 fully saturated rings. The fourth-order valence-corrected chi connectivity index (χ4v) is 1.47. The second-order valence-electron chi connectivity index (χ2n) is 3.97. The summed E-state index contributed by atoms with van der Waals surface area (Å²) in [6, 6.07) is 0. The van der Waals surface area contributed by atoms with Gasteiger partial charge in [-0.05, 0) is 20.8 Å². The highest BCUT2D eigenvalue weighted by Crippen LogP contribution is 2.36. The first-order valence-corrected chi connectivity index (χ1v) is 4.54. The molecule has 0 unspecified atom stereocenters. The third-order valence-electron chi connectivity index (χ3n) is 2.69. The van der Waals surface area contributed by atoms with E-state index in [0.29, 0.717) is 19.7 Å². The molecule has 2 N–H and O–H groups in total. The van der Waals surface area contributed by atoms with E-state index in [-0.39, 0.29) is 5.97 Å². The number of ether oxygens (including phenoxy) is 1. The van der Waals surface area contributed by atoms with Crippen LogP contribution in [0.25, 0.3) is 0 Å². The van der Waals surface area contributed by atoms with Crippen molar-refractivity contribution in [1.82, 2.24) is 5.32 Å². The first-order chi connectivity index (χ1) is 5.94. The quantitative estimate of drug-likeness (QED) is 0.606. The van der Waals surface area contributed by atoms with E-state index in [9.17, 15) is 9.90 Å². The van der Waals surface area contributed by atoms with E-state index in [1.54, 1.807) is 20.8 Å². The van der Waals surface area contributed by atoms with Crippen molar-refractivity contribution in [2.45, 2.75) is 26.4 Å². The Bertz CT molecular complexity index is 203. The normalized spacial score (nSPS) is 20.6. The zero-order chi connectivity index (χ0) is 10.1. The van der Waals surface area contributed by atoms with E-state index in [1.165, 1.54) is 0 Å². The zero-order valence-corrected chi connectivity index (χ0v) is 8.39. The van der Waals surface area contributed by atoms with Crippen molar-refractivity contribution < 1.29 is 14.6 Å². The van der Waals surface area contributed by atoms with Crippen LogP contribution in [0.15, 0.2) is 0 Å². The number of rotatable bonds is 3. The Balaban J connectivity index is 2.76. The molecule has 0 spiro atoms. The predicted octanol–water partition coefficient (Wildman–Crippen LogP) is -0.0900. The molecule has 0 aromatic heterocycles. The second kappa shape index (κ2) is 3.27. The van der Waals surface area contributed by atoms with E-state index in [2.05, 4.69) is 5.32 Å². The highest BCUT2D eigenvalue weighted by atomic mass is 16.5. The van der Waals surface area contributed by atoms with Crippen LogP contribution in [0.2, 0.25) is 0 Å². The molecule has 0 saturated carbocycles. The monoisotopic (exact) mass is 187 g/mol. The number of esters is 1. The largest absolute Gasteiger partial charge is 0.465 e. The van der Waals surface area contributed by atoms with Crippen molar-refractivity contribution in [3.63, 3.8) is 0 Å². The van der Waals surface area contributed by atoms with Crippen LogP contribution in [0.3, 0.4) is 0 Å². The van der Waals surface area contributed by atoms with Crippen LogP contribution < -0.4 is 5.32 Å². The number of hydrogen-bond donors (Lipinski definition) is 2. The molecule has 0 bridgehead atoms. The summed E-state index contributed by atoms with van der Waals surface area (Å²) in [4.78, 5) is 11.6. The van der Waals surface area contributed by atoms with Crippen molar-refractivity contribution in [2.24, 2.45) is 5.41 Å². The van der Waals surface area contributed by atoms with E-state index in [4.69, 9.17) is 4.74 Å². The fourth-order valence-electron chi connectivity index (χ4n) is 1.47. The summed E-state index contributed by atoms with van der Waals surface area (Å²) in [7, 11) is 0. The first-order valence-electron chi connectivity index (χ1n) is 4.54. The van der Waals surface area contributed by atoms with Crippen LogP contribution >= 0.6 is 0 Å². The number of hydrogen-bond acceptors (Lipinski definition) is 4. The first kappa shape index (κ1) is 10.5. The molecule has 1 heterocycles. The van der Waals surface area contributed by atoms with Crippen LogP contribution in [-0.4, -0.2) is 36.4 Å². The van der Waals surface area contributed by atoms with Gasteiger partial charge >= 0.3 is 5.97 Å². The summed E-state index contributed by atoms with van der Waals surface area (Å²) in [5, 5.41) is 12.8. The SMILES string of the molecule is CCOC(=O)C1(C(C)(C)O)CNC1. The Kier molecular flexibility index (Phi) is 2.63. The number of aliphatic hydroxyl groups is 1. The number of carbonyl (C=O) groups excluding carboxylic acids is 1. The van der Waals surface area contributed by atoms with Gasteiger partial charge in [0, 0.05) is 13.1 Å². The highest BCUT2D eigenvalue weighted by Gasteiger charge is 2.56. The maximum Gasteiger partial charge on any atom is 0.317 e. The van der Waals surface area contributed by atoms with E-state index < -0.39 is 11.0 Å². The average Bonchev–Trinajstić information content (AvgIpc) is 1.80. The fraction of sp³-hybridized carbons (Fsp3) is 0.889. The lowest BCUT2D eigenvalue weighted by Crippen LogP contribution is -2.68. The van der Waals surface area contributed by atoms with Crippen molar-refractivity contribution in [2.75, 3.05) is 19.7 Å². The Labute approximate surface area is 78.3 Å². The lowest BCUT2D eigenvalue weighted by Gasteiger charge is -2.47. The maximum atomic E-state index is 11.6. The van der Waals surface area contributed by atoms with Gasteiger partial charge in [0.15, 0.2) is 0 Å².